The lowest BCUT2D eigenvalue weighted by Gasteiger charge is -2.34. The maximum Gasteiger partial charge on any atom is 0.244 e. The smallest absolute Gasteiger partial charge is 0.244 e. The first-order valence-corrected chi connectivity index (χ1v) is 9.23. The van der Waals surface area contributed by atoms with E-state index in [1.54, 1.807) is 16.6 Å². The summed E-state index contributed by atoms with van der Waals surface area (Å²) in [6.45, 7) is 8.78. The van der Waals surface area contributed by atoms with E-state index in [-0.39, 0.29) is 0 Å². The molecular weight excluding hydrogens is 286 g/mol. The Labute approximate surface area is 128 Å². The number of nitrogens with two attached hydrogens (primary N) is 1. The molecule has 1 aliphatic heterocycles. The molecule has 1 aromatic rings. The van der Waals surface area contributed by atoms with Crippen molar-refractivity contribution in [1.29, 1.82) is 0 Å². The Bertz CT molecular complexity index is 580. The number of aromatic nitrogens is 1. The van der Waals surface area contributed by atoms with Crippen LogP contribution in [0.4, 0.5) is 0 Å². The largest absolute Gasteiger partial charge is 0.349 e. The van der Waals surface area contributed by atoms with E-state index in [1.807, 2.05) is 4.57 Å². The van der Waals surface area contributed by atoms with Gasteiger partial charge in [-0.25, -0.2) is 8.42 Å². The van der Waals surface area contributed by atoms with E-state index in [0.29, 0.717) is 36.4 Å². The van der Waals surface area contributed by atoms with Crippen molar-refractivity contribution in [2.24, 2.45) is 17.6 Å². The number of hydrogen-bond donors (Lipinski definition) is 1. The topological polar surface area (TPSA) is 68.3 Å². The Hall–Kier alpha value is -0.850. The Morgan fingerprint density at radius 3 is 2.62 bits per heavy atom. The van der Waals surface area contributed by atoms with E-state index in [9.17, 15) is 8.42 Å². The first-order chi connectivity index (χ1) is 9.90. The van der Waals surface area contributed by atoms with Crippen LogP contribution in [0.5, 0.6) is 0 Å². The molecule has 6 heteroatoms. The third-order valence-corrected chi connectivity index (χ3v) is 6.40. The van der Waals surface area contributed by atoms with Crippen LogP contribution in [0.1, 0.15) is 39.3 Å². The quantitative estimate of drug-likeness (QED) is 0.904. The van der Waals surface area contributed by atoms with Crippen LogP contribution in [-0.2, 0) is 23.1 Å². The van der Waals surface area contributed by atoms with Crippen molar-refractivity contribution in [2.45, 2.75) is 51.6 Å². The second-order valence-corrected chi connectivity index (χ2v) is 8.11. The lowest BCUT2D eigenvalue weighted by Crippen LogP contribution is -2.42. The minimum Gasteiger partial charge on any atom is -0.349 e. The van der Waals surface area contributed by atoms with Crippen molar-refractivity contribution in [1.82, 2.24) is 8.87 Å². The van der Waals surface area contributed by atoms with Crippen LogP contribution < -0.4 is 5.73 Å². The van der Waals surface area contributed by atoms with E-state index >= 15 is 0 Å². The molecule has 2 heterocycles. The highest BCUT2D eigenvalue weighted by atomic mass is 32.2. The SMILES string of the molecule is CCCn1cc(S(=O)(=O)N2CCC(C)C(C)C2)cc1CN. The molecule has 0 radical (unpaired) electrons. The molecule has 2 rings (SSSR count). The van der Waals surface area contributed by atoms with Crippen LogP contribution in [0.25, 0.3) is 0 Å². The molecular formula is C15H27N3O2S. The number of hydrogen-bond acceptors (Lipinski definition) is 3. The normalized spacial score (nSPS) is 24.4. The maximum atomic E-state index is 12.8. The zero-order chi connectivity index (χ0) is 15.6. The average Bonchev–Trinajstić information content (AvgIpc) is 2.86. The van der Waals surface area contributed by atoms with Gasteiger partial charge in [-0.1, -0.05) is 20.8 Å². The van der Waals surface area contributed by atoms with Gasteiger partial charge in [0.25, 0.3) is 0 Å². The molecule has 0 bridgehead atoms. The second-order valence-electron chi connectivity index (χ2n) is 6.17. The van der Waals surface area contributed by atoms with Crippen LogP contribution in [0, 0.1) is 11.8 Å². The number of aryl methyl sites for hydroxylation is 1. The highest BCUT2D eigenvalue weighted by Crippen LogP contribution is 2.28. The Balaban J connectivity index is 2.27. The monoisotopic (exact) mass is 313 g/mol. The van der Waals surface area contributed by atoms with Crippen molar-refractivity contribution in [3.05, 3.63) is 18.0 Å². The highest BCUT2D eigenvalue weighted by Gasteiger charge is 2.32. The molecule has 21 heavy (non-hydrogen) atoms. The standard InChI is InChI=1S/C15H27N3O2S/c1-4-6-17-11-15(8-14(17)9-16)21(19,20)18-7-5-12(2)13(3)10-18/h8,11-13H,4-7,9-10,16H2,1-3H3. The molecule has 2 atom stereocenters. The fraction of sp³-hybridized carbons (Fsp3) is 0.733. The Kier molecular flexibility index (Phi) is 5.11. The van der Waals surface area contributed by atoms with Crippen molar-refractivity contribution >= 4 is 10.0 Å². The van der Waals surface area contributed by atoms with Crippen LogP contribution in [0.2, 0.25) is 0 Å². The summed E-state index contributed by atoms with van der Waals surface area (Å²) < 4.78 is 29.2. The lowest BCUT2D eigenvalue weighted by atomic mass is 9.90. The van der Waals surface area contributed by atoms with Crippen LogP contribution in [-0.4, -0.2) is 30.4 Å². The zero-order valence-electron chi connectivity index (χ0n) is 13.2. The molecule has 0 spiro atoms. The van der Waals surface area contributed by atoms with E-state index < -0.39 is 10.0 Å². The fourth-order valence-electron chi connectivity index (χ4n) is 2.88. The number of nitrogens with zero attached hydrogens (tertiary/aromatic N) is 2. The van der Waals surface area contributed by atoms with E-state index in [4.69, 9.17) is 5.73 Å². The van der Waals surface area contributed by atoms with Gasteiger partial charge in [0.1, 0.15) is 4.90 Å². The summed E-state index contributed by atoms with van der Waals surface area (Å²) in [5.41, 5.74) is 6.61. The van der Waals surface area contributed by atoms with Crippen molar-refractivity contribution in [3.63, 3.8) is 0 Å². The highest BCUT2D eigenvalue weighted by molar-refractivity contribution is 7.89. The van der Waals surface area contributed by atoms with E-state index in [0.717, 1.165) is 25.1 Å². The Morgan fingerprint density at radius 2 is 2.05 bits per heavy atom. The predicted molar refractivity (Wildman–Crippen MR) is 84.3 cm³/mol. The number of piperidine rings is 1. The number of sulfonamides is 1. The third kappa shape index (κ3) is 3.33. The molecule has 1 aromatic heterocycles. The first-order valence-electron chi connectivity index (χ1n) is 7.79. The van der Waals surface area contributed by atoms with Gasteiger partial charge >= 0.3 is 0 Å². The van der Waals surface area contributed by atoms with Gasteiger partial charge in [-0.05, 0) is 30.7 Å². The molecule has 5 nitrogen and oxygen atoms in total. The fourth-order valence-corrected chi connectivity index (χ4v) is 4.50. The minimum atomic E-state index is -3.39. The molecule has 1 saturated heterocycles. The third-order valence-electron chi connectivity index (χ3n) is 4.57. The molecule has 120 valence electrons. The Morgan fingerprint density at radius 1 is 1.33 bits per heavy atom. The average molecular weight is 313 g/mol. The maximum absolute atomic E-state index is 12.8. The van der Waals surface area contributed by atoms with Gasteiger partial charge in [0, 0.05) is 38.1 Å². The van der Waals surface area contributed by atoms with Crippen LogP contribution in [0.15, 0.2) is 17.2 Å². The molecule has 2 N–H and O–H groups in total. The molecule has 0 amide bonds. The summed E-state index contributed by atoms with van der Waals surface area (Å²) in [5.74, 6) is 0.987. The number of rotatable bonds is 5. The van der Waals surface area contributed by atoms with Gasteiger partial charge < -0.3 is 10.3 Å². The molecule has 2 unspecified atom stereocenters. The molecule has 0 saturated carbocycles. The van der Waals surface area contributed by atoms with Crippen molar-refractivity contribution in [2.75, 3.05) is 13.1 Å². The molecule has 0 aromatic carbocycles. The summed E-state index contributed by atoms with van der Waals surface area (Å²) in [6, 6.07) is 1.73. The van der Waals surface area contributed by atoms with Gasteiger partial charge in [-0.3, -0.25) is 0 Å². The first kappa shape index (κ1) is 16.5. The minimum absolute atomic E-state index is 0.364. The van der Waals surface area contributed by atoms with Crippen LogP contribution in [0.3, 0.4) is 0 Å². The predicted octanol–water partition coefficient (Wildman–Crippen LogP) is 2.02. The van der Waals surface area contributed by atoms with Gasteiger partial charge in [0.05, 0.1) is 0 Å². The van der Waals surface area contributed by atoms with Crippen molar-refractivity contribution in [3.8, 4) is 0 Å². The van der Waals surface area contributed by atoms with Gasteiger partial charge in [-0.2, -0.15) is 4.31 Å². The molecule has 1 aliphatic rings. The van der Waals surface area contributed by atoms with Crippen LogP contribution >= 0.6 is 0 Å². The summed E-state index contributed by atoms with van der Waals surface area (Å²) in [7, 11) is -3.39. The summed E-state index contributed by atoms with van der Waals surface area (Å²) in [4.78, 5) is 0.387. The van der Waals surface area contributed by atoms with Crippen molar-refractivity contribution < 1.29 is 8.42 Å². The molecule has 0 aliphatic carbocycles. The summed E-state index contributed by atoms with van der Waals surface area (Å²) in [6.07, 6.45) is 3.63. The summed E-state index contributed by atoms with van der Waals surface area (Å²) >= 11 is 0. The van der Waals surface area contributed by atoms with Gasteiger partial charge in [-0.15, -0.1) is 0 Å². The van der Waals surface area contributed by atoms with E-state index in [1.165, 1.54) is 0 Å². The van der Waals surface area contributed by atoms with Gasteiger partial charge in [0.15, 0.2) is 0 Å². The van der Waals surface area contributed by atoms with E-state index in [2.05, 4.69) is 20.8 Å². The van der Waals surface area contributed by atoms with Gasteiger partial charge in [0.2, 0.25) is 10.0 Å². The molecule has 1 fully saturated rings. The lowest BCUT2D eigenvalue weighted by molar-refractivity contribution is 0.212. The summed E-state index contributed by atoms with van der Waals surface area (Å²) in [5, 5.41) is 0. The second kappa shape index (κ2) is 6.50. The zero-order valence-corrected chi connectivity index (χ0v) is 14.1.